The largest absolute Gasteiger partial charge is 0.370 e. The molecule has 2 aromatic rings. The molecule has 1 aliphatic rings. The van der Waals surface area contributed by atoms with Crippen LogP contribution in [0, 0.1) is 12.7 Å². The molecule has 138 valence electrons. The van der Waals surface area contributed by atoms with Gasteiger partial charge in [-0.2, -0.15) is 0 Å². The Bertz CT molecular complexity index is 765. The number of aromatic nitrogens is 1. The molecule has 1 atom stereocenters. The number of nitrogens with one attached hydrogen (secondary N) is 1. The molecule has 0 aliphatic carbocycles. The Kier molecular flexibility index (Phi) is 6.17. The van der Waals surface area contributed by atoms with Crippen molar-refractivity contribution in [1.82, 2.24) is 15.2 Å². The third-order valence-electron chi connectivity index (χ3n) is 4.45. The molecule has 1 aromatic carbocycles. The van der Waals surface area contributed by atoms with Crippen LogP contribution >= 0.6 is 0 Å². The third kappa shape index (κ3) is 4.38. The summed E-state index contributed by atoms with van der Waals surface area (Å²) in [6, 6.07) is 11.3. The van der Waals surface area contributed by atoms with Crippen LogP contribution in [0.3, 0.4) is 0 Å². The number of hydrogen-bond acceptors (Lipinski definition) is 3. The normalized spacial score (nSPS) is 18.0. The molecule has 1 aromatic heterocycles. The van der Waals surface area contributed by atoms with Crippen molar-refractivity contribution in [2.24, 2.45) is 4.99 Å². The lowest BCUT2D eigenvalue weighted by Crippen LogP contribution is -2.48. The lowest BCUT2D eigenvalue weighted by Gasteiger charge is -2.35. The van der Waals surface area contributed by atoms with Gasteiger partial charge >= 0.3 is 0 Å². The van der Waals surface area contributed by atoms with Crippen LogP contribution < -0.4 is 5.32 Å². The number of nitrogens with zero attached hydrogens (tertiary/aromatic N) is 3. The molecule has 1 N–H and O–H groups in total. The first-order valence-corrected chi connectivity index (χ1v) is 8.98. The predicted molar refractivity (Wildman–Crippen MR) is 100 cm³/mol. The van der Waals surface area contributed by atoms with Gasteiger partial charge in [-0.15, -0.1) is 0 Å². The number of guanidine groups is 1. The summed E-state index contributed by atoms with van der Waals surface area (Å²) in [7, 11) is 0. The van der Waals surface area contributed by atoms with E-state index in [1.807, 2.05) is 19.1 Å². The van der Waals surface area contributed by atoms with E-state index in [-0.39, 0.29) is 18.5 Å². The molecule has 0 saturated carbocycles. The molecule has 3 rings (SSSR count). The van der Waals surface area contributed by atoms with E-state index in [0.717, 1.165) is 19.0 Å². The van der Waals surface area contributed by atoms with E-state index in [1.54, 1.807) is 12.3 Å². The molecule has 6 heteroatoms. The first-order valence-electron chi connectivity index (χ1n) is 8.98. The first-order chi connectivity index (χ1) is 12.7. The zero-order valence-corrected chi connectivity index (χ0v) is 15.3. The van der Waals surface area contributed by atoms with Gasteiger partial charge in [-0.3, -0.25) is 4.98 Å². The fraction of sp³-hybridized carbons (Fsp3) is 0.400. The zero-order valence-electron chi connectivity index (χ0n) is 15.3. The molecule has 1 saturated heterocycles. The summed E-state index contributed by atoms with van der Waals surface area (Å²) in [5, 5.41) is 3.30. The Labute approximate surface area is 153 Å². The van der Waals surface area contributed by atoms with E-state index < -0.39 is 0 Å². The van der Waals surface area contributed by atoms with E-state index in [2.05, 4.69) is 39.2 Å². The van der Waals surface area contributed by atoms with Gasteiger partial charge in [0.05, 0.1) is 25.4 Å². The molecule has 1 aliphatic heterocycles. The molecule has 0 radical (unpaired) electrons. The highest BCUT2D eigenvalue weighted by Crippen LogP contribution is 2.25. The molecule has 2 heterocycles. The third-order valence-corrected chi connectivity index (χ3v) is 4.45. The van der Waals surface area contributed by atoms with Crippen LogP contribution in [0.1, 0.15) is 29.8 Å². The fourth-order valence-corrected chi connectivity index (χ4v) is 3.09. The summed E-state index contributed by atoms with van der Waals surface area (Å²) >= 11 is 0. The minimum Gasteiger partial charge on any atom is -0.370 e. The quantitative estimate of drug-likeness (QED) is 0.676. The van der Waals surface area contributed by atoms with Crippen molar-refractivity contribution in [2.45, 2.75) is 26.5 Å². The Balaban J connectivity index is 1.76. The smallest absolute Gasteiger partial charge is 0.194 e. The first kappa shape index (κ1) is 18.3. The minimum absolute atomic E-state index is 0.000363. The molecule has 1 unspecified atom stereocenters. The number of benzene rings is 1. The molecule has 26 heavy (non-hydrogen) atoms. The van der Waals surface area contributed by atoms with Gasteiger partial charge in [0.2, 0.25) is 0 Å². The predicted octanol–water partition coefficient (Wildman–Crippen LogP) is 3.07. The lowest BCUT2D eigenvalue weighted by molar-refractivity contribution is -0.00834. The average molecular weight is 356 g/mol. The van der Waals surface area contributed by atoms with Crippen LogP contribution in [-0.2, 0) is 11.3 Å². The number of ether oxygens (including phenoxy) is 1. The number of hydrogen-bond donors (Lipinski definition) is 1. The molecular formula is C20H25FN4O. The van der Waals surface area contributed by atoms with Crippen molar-refractivity contribution in [2.75, 3.05) is 26.2 Å². The van der Waals surface area contributed by atoms with Gasteiger partial charge in [0.15, 0.2) is 5.96 Å². The van der Waals surface area contributed by atoms with E-state index >= 15 is 0 Å². The number of aryl methyl sites for hydroxylation is 1. The zero-order chi connectivity index (χ0) is 18.4. The number of pyridine rings is 1. The standard InChI is InChI=1S/C20H25FN4O/c1-3-22-20(24-13-18-17(21)9-6-10-23-18)25-11-12-26-19(14-25)16-8-5-4-7-15(16)2/h4-10,19H,3,11-14H2,1-2H3,(H,22,24). The van der Waals surface area contributed by atoms with Crippen molar-refractivity contribution in [3.63, 3.8) is 0 Å². The second kappa shape index (κ2) is 8.76. The van der Waals surface area contributed by atoms with Crippen LogP contribution in [0.4, 0.5) is 4.39 Å². The number of rotatable bonds is 4. The van der Waals surface area contributed by atoms with Crippen molar-refractivity contribution < 1.29 is 9.13 Å². The molecule has 0 bridgehead atoms. The Morgan fingerprint density at radius 1 is 1.35 bits per heavy atom. The summed E-state index contributed by atoms with van der Waals surface area (Å²) in [6.07, 6.45) is 1.59. The van der Waals surface area contributed by atoms with Gasteiger partial charge in [-0.1, -0.05) is 24.3 Å². The minimum atomic E-state index is -0.327. The van der Waals surface area contributed by atoms with Gasteiger partial charge < -0.3 is 15.0 Å². The maximum atomic E-state index is 13.8. The van der Waals surface area contributed by atoms with Gasteiger partial charge in [-0.25, -0.2) is 9.38 Å². The Morgan fingerprint density at radius 2 is 2.19 bits per heavy atom. The summed E-state index contributed by atoms with van der Waals surface area (Å²) in [5.41, 5.74) is 2.77. The summed E-state index contributed by atoms with van der Waals surface area (Å²) in [4.78, 5) is 10.8. The highest BCUT2D eigenvalue weighted by atomic mass is 19.1. The van der Waals surface area contributed by atoms with Gasteiger partial charge in [0.25, 0.3) is 0 Å². The highest BCUT2D eigenvalue weighted by Gasteiger charge is 2.25. The second-order valence-electron chi connectivity index (χ2n) is 6.26. The molecule has 0 amide bonds. The van der Waals surface area contributed by atoms with Crippen LogP contribution in [0.25, 0.3) is 0 Å². The Morgan fingerprint density at radius 3 is 2.96 bits per heavy atom. The number of halogens is 1. The Hall–Kier alpha value is -2.47. The van der Waals surface area contributed by atoms with Crippen LogP contribution in [-0.4, -0.2) is 42.1 Å². The van der Waals surface area contributed by atoms with Crippen LogP contribution in [0.5, 0.6) is 0 Å². The summed E-state index contributed by atoms with van der Waals surface area (Å²) < 4.78 is 19.8. The number of aliphatic imine (C=N–C) groups is 1. The monoisotopic (exact) mass is 356 g/mol. The van der Waals surface area contributed by atoms with E-state index in [4.69, 9.17) is 4.74 Å². The molecule has 1 fully saturated rings. The van der Waals surface area contributed by atoms with Crippen LogP contribution in [0.15, 0.2) is 47.6 Å². The van der Waals surface area contributed by atoms with Crippen molar-refractivity contribution >= 4 is 5.96 Å². The van der Waals surface area contributed by atoms with Crippen molar-refractivity contribution in [3.8, 4) is 0 Å². The SMILES string of the molecule is CCNC(=NCc1ncccc1F)N1CCOC(c2ccccc2C)C1. The second-order valence-corrected chi connectivity index (χ2v) is 6.26. The molecule has 0 spiro atoms. The topological polar surface area (TPSA) is 49.8 Å². The van der Waals surface area contributed by atoms with Crippen LogP contribution in [0.2, 0.25) is 0 Å². The van der Waals surface area contributed by atoms with Gasteiger partial charge in [0, 0.05) is 19.3 Å². The van der Waals surface area contributed by atoms with Gasteiger partial charge in [0.1, 0.15) is 11.9 Å². The molecular weight excluding hydrogens is 331 g/mol. The summed E-state index contributed by atoms with van der Waals surface area (Å²) in [6.45, 7) is 7.16. The van der Waals surface area contributed by atoms with E-state index in [9.17, 15) is 4.39 Å². The molecule has 5 nitrogen and oxygen atoms in total. The van der Waals surface area contributed by atoms with E-state index in [1.165, 1.54) is 17.2 Å². The average Bonchev–Trinajstić information content (AvgIpc) is 2.67. The van der Waals surface area contributed by atoms with E-state index in [0.29, 0.717) is 18.8 Å². The maximum absolute atomic E-state index is 13.8. The number of morpholine rings is 1. The van der Waals surface area contributed by atoms with Crippen molar-refractivity contribution in [3.05, 3.63) is 65.2 Å². The van der Waals surface area contributed by atoms with Crippen molar-refractivity contribution in [1.29, 1.82) is 0 Å². The highest BCUT2D eigenvalue weighted by molar-refractivity contribution is 5.80. The maximum Gasteiger partial charge on any atom is 0.194 e. The van der Waals surface area contributed by atoms with Gasteiger partial charge in [-0.05, 0) is 37.1 Å². The lowest BCUT2D eigenvalue weighted by atomic mass is 10.0. The fourth-order valence-electron chi connectivity index (χ4n) is 3.09. The summed E-state index contributed by atoms with van der Waals surface area (Å²) in [5.74, 6) is 0.436.